The van der Waals surface area contributed by atoms with Crippen LogP contribution >= 0.6 is 11.6 Å². The van der Waals surface area contributed by atoms with Crippen LogP contribution in [-0.2, 0) is 17.8 Å². The molecule has 1 amide bonds. The van der Waals surface area contributed by atoms with Crippen LogP contribution in [0.15, 0.2) is 78.9 Å². The first-order chi connectivity index (χ1) is 12.2. The first-order valence-corrected chi connectivity index (χ1v) is 8.38. The molecule has 0 unspecified atom stereocenters. The molecule has 25 heavy (non-hydrogen) atoms. The number of rotatable bonds is 6. The fraction of sp³-hybridized carbons (Fsp3) is 0.0952. The molecule has 0 fully saturated rings. The molecular weight excluding hydrogens is 334 g/mol. The summed E-state index contributed by atoms with van der Waals surface area (Å²) in [6, 6.07) is 24.6. The van der Waals surface area contributed by atoms with Crippen molar-refractivity contribution in [2.24, 2.45) is 0 Å². The molecule has 126 valence electrons. The number of amides is 1. The van der Waals surface area contributed by atoms with E-state index in [1.165, 1.54) is 0 Å². The monoisotopic (exact) mass is 351 g/mol. The zero-order valence-corrected chi connectivity index (χ0v) is 14.4. The van der Waals surface area contributed by atoms with Crippen LogP contribution in [-0.4, -0.2) is 5.91 Å². The predicted octanol–water partition coefficient (Wildman–Crippen LogP) is 5.10. The van der Waals surface area contributed by atoms with E-state index in [4.69, 9.17) is 16.3 Å². The Hall–Kier alpha value is -2.78. The molecule has 0 heterocycles. The van der Waals surface area contributed by atoms with Gasteiger partial charge in [0.25, 0.3) is 0 Å². The molecule has 3 nitrogen and oxygen atoms in total. The molecule has 0 aliphatic heterocycles. The Morgan fingerprint density at radius 2 is 1.60 bits per heavy atom. The normalized spacial score (nSPS) is 10.3. The lowest BCUT2D eigenvalue weighted by atomic mass is 10.1. The number of halogens is 1. The second kappa shape index (κ2) is 8.36. The number of carbonyl (C=O) groups is 1. The van der Waals surface area contributed by atoms with Gasteiger partial charge in [-0.05, 0) is 47.5 Å². The second-order valence-corrected chi connectivity index (χ2v) is 6.09. The molecule has 1 N–H and O–H groups in total. The molecule has 3 rings (SSSR count). The second-order valence-electron chi connectivity index (χ2n) is 5.65. The summed E-state index contributed by atoms with van der Waals surface area (Å²) >= 11 is 5.93. The SMILES string of the molecule is O=C(Cc1cccc(Cl)c1)Nc1ccc(OCc2ccccc2)cc1. The van der Waals surface area contributed by atoms with Crippen molar-refractivity contribution >= 4 is 23.2 Å². The van der Waals surface area contributed by atoms with Gasteiger partial charge in [0.2, 0.25) is 5.91 Å². The molecule has 0 saturated heterocycles. The molecule has 0 spiro atoms. The van der Waals surface area contributed by atoms with Gasteiger partial charge in [-0.15, -0.1) is 0 Å². The third-order valence-corrected chi connectivity index (χ3v) is 3.88. The van der Waals surface area contributed by atoms with E-state index >= 15 is 0 Å². The predicted molar refractivity (Wildman–Crippen MR) is 101 cm³/mol. The first-order valence-electron chi connectivity index (χ1n) is 8.00. The van der Waals surface area contributed by atoms with E-state index in [9.17, 15) is 4.79 Å². The fourth-order valence-electron chi connectivity index (χ4n) is 2.41. The fourth-order valence-corrected chi connectivity index (χ4v) is 2.63. The minimum atomic E-state index is -0.0831. The Labute approximate surface area is 152 Å². The first kappa shape index (κ1) is 17.1. The maximum atomic E-state index is 12.1. The summed E-state index contributed by atoms with van der Waals surface area (Å²) in [7, 11) is 0. The Kier molecular flexibility index (Phi) is 5.70. The third-order valence-electron chi connectivity index (χ3n) is 3.64. The number of hydrogen-bond acceptors (Lipinski definition) is 2. The highest BCUT2D eigenvalue weighted by Crippen LogP contribution is 2.18. The minimum Gasteiger partial charge on any atom is -0.489 e. The van der Waals surface area contributed by atoms with Gasteiger partial charge in [-0.25, -0.2) is 0 Å². The van der Waals surface area contributed by atoms with Gasteiger partial charge in [0, 0.05) is 10.7 Å². The highest BCUT2D eigenvalue weighted by molar-refractivity contribution is 6.30. The number of nitrogens with one attached hydrogen (secondary N) is 1. The molecule has 0 atom stereocenters. The van der Waals surface area contributed by atoms with Gasteiger partial charge in [-0.2, -0.15) is 0 Å². The van der Waals surface area contributed by atoms with E-state index in [1.807, 2.05) is 66.7 Å². The molecule has 0 radical (unpaired) electrons. The lowest BCUT2D eigenvalue weighted by molar-refractivity contribution is -0.115. The van der Waals surface area contributed by atoms with E-state index in [1.54, 1.807) is 12.1 Å². The summed E-state index contributed by atoms with van der Waals surface area (Å²) in [6.45, 7) is 0.515. The molecule has 3 aromatic carbocycles. The van der Waals surface area contributed by atoms with Crippen LogP contribution in [0.2, 0.25) is 5.02 Å². The van der Waals surface area contributed by atoms with Crippen LogP contribution < -0.4 is 10.1 Å². The van der Waals surface area contributed by atoms with Gasteiger partial charge in [-0.3, -0.25) is 4.79 Å². The van der Waals surface area contributed by atoms with Crippen molar-refractivity contribution in [3.8, 4) is 5.75 Å². The Morgan fingerprint density at radius 1 is 0.880 bits per heavy atom. The summed E-state index contributed by atoms with van der Waals surface area (Å²) in [4.78, 5) is 12.1. The quantitative estimate of drug-likeness (QED) is 0.671. The molecule has 3 aromatic rings. The molecular formula is C21H18ClNO2. The number of ether oxygens (including phenoxy) is 1. The summed E-state index contributed by atoms with van der Waals surface area (Å²) in [5.74, 6) is 0.678. The third kappa shape index (κ3) is 5.37. The van der Waals surface area contributed by atoms with Gasteiger partial charge in [0.05, 0.1) is 6.42 Å². The zero-order valence-electron chi connectivity index (χ0n) is 13.6. The lowest BCUT2D eigenvalue weighted by Crippen LogP contribution is -2.14. The van der Waals surface area contributed by atoms with E-state index in [0.29, 0.717) is 11.6 Å². The molecule has 0 saturated carbocycles. The number of benzene rings is 3. The van der Waals surface area contributed by atoms with Crippen molar-refractivity contribution in [3.05, 3.63) is 95.0 Å². The maximum absolute atomic E-state index is 12.1. The van der Waals surface area contributed by atoms with Crippen LogP contribution in [0, 0.1) is 0 Å². The van der Waals surface area contributed by atoms with Crippen LogP contribution in [0.4, 0.5) is 5.69 Å². The van der Waals surface area contributed by atoms with Crippen molar-refractivity contribution in [3.63, 3.8) is 0 Å². The molecule has 0 aliphatic rings. The maximum Gasteiger partial charge on any atom is 0.228 e. The summed E-state index contributed by atoms with van der Waals surface area (Å²) in [5.41, 5.74) is 2.73. The van der Waals surface area contributed by atoms with E-state index < -0.39 is 0 Å². The van der Waals surface area contributed by atoms with Crippen molar-refractivity contribution < 1.29 is 9.53 Å². The summed E-state index contributed by atoms with van der Waals surface area (Å²) in [6.07, 6.45) is 0.285. The molecule has 0 aliphatic carbocycles. The molecule has 0 bridgehead atoms. The van der Waals surface area contributed by atoms with E-state index in [-0.39, 0.29) is 12.3 Å². The standard InChI is InChI=1S/C21H18ClNO2/c22-18-8-4-7-17(13-18)14-21(24)23-19-9-11-20(12-10-19)25-15-16-5-2-1-3-6-16/h1-13H,14-15H2,(H,23,24). The molecule has 4 heteroatoms. The van der Waals surface area contributed by atoms with Crippen molar-refractivity contribution in [2.75, 3.05) is 5.32 Å². The highest BCUT2D eigenvalue weighted by Gasteiger charge is 2.05. The summed E-state index contributed by atoms with van der Waals surface area (Å²) in [5, 5.41) is 3.50. The van der Waals surface area contributed by atoms with Crippen LogP contribution in [0.25, 0.3) is 0 Å². The Morgan fingerprint density at radius 3 is 2.32 bits per heavy atom. The van der Waals surface area contributed by atoms with Crippen LogP contribution in [0.3, 0.4) is 0 Å². The summed E-state index contributed by atoms with van der Waals surface area (Å²) < 4.78 is 5.73. The largest absolute Gasteiger partial charge is 0.489 e. The van der Waals surface area contributed by atoms with Gasteiger partial charge >= 0.3 is 0 Å². The lowest BCUT2D eigenvalue weighted by Gasteiger charge is -2.09. The van der Waals surface area contributed by atoms with Gasteiger partial charge < -0.3 is 10.1 Å². The van der Waals surface area contributed by atoms with Gasteiger partial charge in [0.1, 0.15) is 12.4 Å². The Balaban J connectivity index is 1.52. The van der Waals surface area contributed by atoms with Gasteiger partial charge in [-0.1, -0.05) is 54.1 Å². The smallest absolute Gasteiger partial charge is 0.228 e. The van der Waals surface area contributed by atoms with Crippen molar-refractivity contribution in [1.29, 1.82) is 0 Å². The minimum absolute atomic E-state index is 0.0831. The number of anilines is 1. The topological polar surface area (TPSA) is 38.3 Å². The number of hydrogen-bond donors (Lipinski definition) is 1. The highest BCUT2D eigenvalue weighted by atomic mass is 35.5. The van der Waals surface area contributed by atoms with E-state index in [2.05, 4.69) is 5.32 Å². The number of carbonyl (C=O) groups excluding carboxylic acids is 1. The average molecular weight is 352 g/mol. The van der Waals surface area contributed by atoms with Gasteiger partial charge in [0.15, 0.2) is 0 Å². The molecule has 0 aromatic heterocycles. The van der Waals surface area contributed by atoms with Crippen molar-refractivity contribution in [1.82, 2.24) is 0 Å². The van der Waals surface area contributed by atoms with Crippen LogP contribution in [0.1, 0.15) is 11.1 Å². The van der Waals surface area contributed by atoms with E-state index in [0.717, 1.165) is 22.6 Å². The average Bonchev–Trinajstić information content (AvgIpc) is 2.62. The Bertz CT molecular complexity index is 832. The zero-order chi connectivity index (χ0) is 17.5. The van der Waals surface area contributed by atoms with Crippen LogP contribution in [0.5, 0.6) is 5.75 Å². The van der Waals surface area contributed by atoms with Crippen molar-refractivity contribution in [2.45, 2.75) is 13.0 Å².